The standard InChI is InChI=1S/C14H21NO3/c1-11-3-5-12(6-4-11)7-8-13(14(16)17)18-10-2-9-15/h3-6,13H,2,7-10,15H2,1H3,(H,16,17). The van der Waals surface area contributed by atoms with Crippen LogP contribution in [0.15, 0.2) is 24.3 Å². The predicted molar refractivity (Wildman–Crippen MR) is 70.5 cm³/mol. The second kappa shape index (κ2) is 7.84. The third kappa shape index (κ3) is 5.29. The molecule has 1 aromatic carbocycles. The minimum atomic E-state index is -0.904. The molecule has 0 amide bonds. The Bertz CT molecular complexity index is 362. The number of carbonyl (C=O) groups is 1. The zero-order valence-corrected chi connectivity index (χ0v) is 10.8. The van der Waals surface area contributed by atoms with Crippen molar-refractivity contribution in [1.29, 1.82) is 0 Å². The van der Waals surface area contributed by atoms with Crippen molar-refractivity contribution in [3.63, 3.8) is 0 Å². The topological polar surface area (TPSA) is 72.5 Å². The van der Waals surface area contributed by atoms with Crippen molar-refractivity contribution in [2.45, 2.75) is 32.3 Å². The Morgan fingerprint density at radius 3 is 2.61 bits per heavy atom. The van der Waals surface area contributed by atoms with Crippen LogP contribution in [0.3, 0.4) is 0 Å². The smallest absolute Gasteiger partial charge is 0.332 e. The Labute approximate surface area is 108 Å². The van der Waals surface area contributed by atoms with Crippen molar-refractivity contribution < 1.29 is 14.6 Å². The summed E-state index contributed by atoms with van der Waals surface area (Å²) in [4.78, 5) is 11.0. The molecule has 1 rings (SSSR count). The number of aliphatic carboxylic acids is 1. The Morgan fingerprint density at radius 2 is 2.06 bits per heavy atom. The molecule has 4 heteroatoms. The minimum absolute atomic E-state index is 0.404. The van der Waals surface area contributed by atoms with E-state index in [2.05, 4.69) is 0 Å². The van der Waals surface area contributed by atoms with Crippen LogP contribution in [0, 0.1) is 6.92 Å². The van der Waals surface area contributed by atoms with Gasteiger partial charge in [-0.3, -0.25) is 0 Å². The van der Waals surface area contributed by atoms with Gasteiger partial charge in [0.05, 0.1) is 0 Å². The minimum Gasteiger partial charge on any atom is -0.479 e. The van der Waals surface area contributed by atoms with Gasteiger partial charge in [-0.15, -0.1) is 0 Å². The monoisotopic (exact) mass is 251 g/mol. The lowest BCUT2D eigenvalue weighted by molar-refractivity contribution is -0.150. The average Bonchev–Trinajstić information content (AvgIpc) is 2.35. The van der Waals surface area contributed by atoms with E-state index in [4.69, 9.17) is 15.6 Å². The highest BCUT2D eigenvalue weighted by molar-refractivity contribution is 5.72. The fraction of sp³-hybridized carbons (Fsp3) is 0.500. The quantitative estimate of drug-likeness (QED) is 0.690. The SMILES string of the molecule is Cc1ccc(CCC(OCCCN)C(=O)O)cc1. The maximum atomic E-state index is 11.0. The maximum Gasteiger partial charge on any atom is 0.332 e. The summed E-state index contributed by atoms with van der Waals surface area (Å²) in [7, 11) is 0. The molecule has 0 radical (unpaired) electrons. The molecular formula is C14H21NO3. The Balaban J connectivity index is 2.41. The van der Waals surface area contributed by atoms with E-state index in [0.29, 0.717) is 32.4 Å². The summed E-state index contributed by atoms with van der Waals surface area (Å²) in [5.41, 5.74) is 7.68. The molecule has 0 aromatic heterocycles. The highest BCUT2D eigenvalue weighted by atomic mass is 16.5. The average molecular weight is 251 g/mol. The number of benzene rings is 1. The maximum absolute atomic E-state index is 11.0. The molecule has 0 bridgehead atoms. The lowest BCUT2D eigenvalue weighted by Gasteiger charge is -2.13. The van der Waals surface area contributed by atoms with E-state index in [-0.39, 0.29) is 0 Å². The fourth-order valence-corrected chi connectivity index (χ4v) is 1.64. The number of carboxylic acids is 1. The van der Waals surface area contributed by atoms with E-state index in [1.54, 1.807) is 0 Å². The molecule has 0 spiro atoms. The molecule has 0 aliphatic rings. The number of carboxylic acid groups (broad SMARTS) is 1. The summed E-state index contributed by atoms with van der Waals surface area (Å²) in [5.74, 6) is -0.904. The van der Waals surface area contributed by atoms with Gasteiger partial charge in [0.1, 0.15) is 0 Å². The number of hydrogen-bond acceptors (Lipinski definition) is 3. The van der Waals surface area contributed by atoms with Gasteiger partial charge in [0.15, 0.2) is 6.10 Å². The highest BCUT2D eigenvalue weighted by Gasteiger charge is 2.17. The number of ether oxygens (including phenoxy) is 1. The molecule has 0 saturated carbocycles. The van der Waals surface area contributed by atoms with E-state index in [9.17, 15) is 4.79 Å². The summed E-state index contributed by atoms with van der Waals surface area (Å²) < 4.78 is 5.31. The molecule has 1 aromatic rings. The van der Waals surface area contributed by atoms with Crippen LogP contribution in [0.2, 0.25) is 0 Å². The van der Waals surface area contributed by atoms with E-state index in [0.717, 1.165) is 5.56 Å². The Hall–Kier alpha value is -1.39. The van der Waals surface area contributed by atoms with Crippen LogP contribution in [0.25, 0.3) is 0 Å². The number of rotatable bonds is 8. The van der Waals surface area contributed by atoms with Gasteiger partial charge >= 0.3 is 5.97 Å². The van der Waals surface area contributed by atoms with Gasteiger partial charge < -0.3 is 15.6 Å². The summed E-state index contributed by atoms with van der Waals surface area (Å²) in [6.45, 7) is 2.95. The molecule has 1 unspecified atom stereocenters. The van der Waals surface area contributed by atoms with Gasteiger partial charge in [0.25, 0.3) is 0 Å². The van der Waals surface area contributed by atoms with Crippen LogP contribution in [0.5, 0.6) is 0 Å². The molecule has 4 nitrogen and oxygen atoms in total. The lowest BCUT2D eigenvalue weighted by Crippen LogP contribution is -2.25. The fourth-order valence-electron chi connectivity index (χ4n) is 1.64. The van der Waals surface area contributed by atoms with Crippen LogP contribution in [0.4, 0.5) is 0 Å². The van der Waals surface area contributed by atoms with Crippen LogP contribution in [0.1, 0.15) is 24.0 Å². The van der Waals surface area contributed by atoms with Crippen molar-refractivity contribution in [2.75, 3.05) is 13.2 Å². The van der Waals surface area contributed by atoms with E-state index < -0.39 is 12.1 Å². The van der Waals surface area contributed by atoms with E-state index in [1.165, 1.54) is 5.56 Å². The van der Waals surface area contributed by atoms with Crippen molar-refractivity contribution in [3.05, 3.63) is 35.4 Å². The largest absolute Gasteiger partial charge is 0.479 e. The van der Waals surface area contributed by atoms with Crippen molar-refractivity contribution in [1.82, 2.24) is 0 Å². The zero-order chi connectivity index (χ0) is 13.4. The van der Waals surface area contributed by atoms with Crippen LogP contribution in [-0.2, 0) is 16.0 Å². The third-order valence-corrected chi connectivity index (χ3v) is 2.76. The molecule has 0 aliphatic carbocycles. The molecule has 18 heavy (non-hydrogen) atoms. The van der Waals surface area contributed by atoms with Crippen LogP contribution in [-0.4, -0.2) is 30.3 Å². The molecule has 0 aliphatic heterocycles. The second-order valence-electron chi connectivity index (χ2n) is 4.36. The molecule has 0 heterocycles. The second-order valence-corrected chi connectivity index (χ2v) is 4.36. The molecule has 0 fully saturated rings. The first-order valence-corrected chi connectivity index (χ1v) is 6.23. The summed E-state index contributed by atoms with van der Waals surface area (Å²) >= 11 is 0. The molecular weight excluding hydrogens is 230 g/mol. The van der Waals surface area contributed by atoms with Crippen molar-refractivity contribution in [2.24, 2.45) is 5.73 Å². The summed E-state index contributed by atoms with van der Waals surface area (Å²) in [6.07, 6.45) is 1.15. The third-order valence-electron chi connectivity index (χ3n) is 2.76. The van der Waals surface area contributed by atoms with Crippen molar-refractivity contribution >= 4 is 5.97 Å². The number of aryl methyl sites for hydroxylation is 2. The highest BCUT2D eigenvalue weighted by Crippen LogP contribution is 2.09. The number of hydrogen-bond donors (Lipinski definition) is 2. The summed E-state index contributed by atoms with van der Waals surface area (Å²) in [6, 6.07) is 8.10. The van der Waals surface area contributed by atoms with Crippen LogP contribution < -0.4 is 5.73 Å². The van der Waals surface area contributed by atoms with Gasteiger partial charge in [-0.1, -0.05) is 29.8 Å². The first kappa shape index (κ1) is 14.7. The molecule has 0 saturated heterocycles. The van der Waals surface area contributed by atoms with Gasteiger partial charge in [-0.2, -0.15) is 0 Å². The van der Waals surface area contributed by atoms with E-state index in [1.807, 2.05) is 31.2 Å². The first-order valence-electron chi connectivity index (χ1n) is 6.23. The summed E-state index contributed by atoms with van der Waals surface area (Å²) in [5, 5.41) is 9.04. The lowest BCUT2D eigenvalue weighted by atomic mass is 10.1. The zero-order valence-electron chi connectivity index (χ0n) is 10.8. The van der Waals surface area contributed by atoms with Gasteiger partial charge in [-0.05, 0) is 38.3 Å². The Morgan fingerprint density at radius 1 is 1.39 bits per heavy atom. The molecule has 100 valence electrons. The first-order chi connectivity index (χ1) is 8.63. The van der Waals surface area contributed by atoms with Gasteiger partial charge in [0.2, 0.25) is 0 Å². The molecule has 1 atom stereocenters. The Kier molecular flexibility index (Phi) is 6.39. The van der Waals surface area contributed by atoms with Crippen LogP contribution >= 0.6 is 0 Å². The van der Waals surface area contributed by atoms with Crippen molar-refractivity contribution in [3.8, 4) is 0 Å². The molecule has 3 N–H and O–H groups in total. The number of nitrogens with two attached hydrogens (primary N) is 1. The van der Waals surface area contributed by atoms with Gasteiger partial charge in [-0.25, -0.2) is 4.79 Å². The van der Waals surface area contributed by atoms with E-state index >= 15 is 0 Å². The normalized spacial score (nSPS) is 12.3. The van der Waals surface area contributed by atoms with Gasteiger partial charge in [0, 0.05) is 6.61 Å². The predicted octanol–water partition coefficient (Wildman–Crippen LogP) is 1.75.